The van der Waals surface area contributed by atoms with Crippen molar-refractivity contribution in [1.82, 2.24) is 4.98 Å². The molecule has 0 spiro atoms. The molecular formula is C13H11NO2. The van der Waals surface area contributed by atoms with E-state index in [9.17, 15) is 4.79 Å². The maximum Gasteiger partial charge on any atom is 0.330 e. The molecule has 0 aliphatic carbocycles. The number of hydrogen-bond donors (Lipinski definition) is 0. The van der Waals surface area contributed by atoms with Crippen LogP contribution in [-0.4, -0.2) is 18.1 Å². The predicted molar refractivity (Wildman–Crippen MR) is 62.8 cm³/mol. The Hall–Kier alpha value is -2.16. The SMILES string of the molecule is COC(=O)/C=C/c1ccc2cnccc2c1. The van der Waals surface area contributed by atoms with Crippen LogP contribution in [0.25, 0.3) is 16.8 Å². The second kappa shape index (κ2) is 4.57. The molecule has 16 heavy (non-hydrogen) atoms. The summed E-state index contributed by atoms with van der Waals surface area (Å²) in [7, 11) is 1.36. The van der Waals surface area contributed by atoms with Gasteiger partial charge < -0.3 is 4.74 Å². The molecule has 0 fully saturated rings. The number of aromatic nitrogens is 1. The van der Waals surface area contributed by atoms with Crippen molar-refractivity contribution in [3.05, 3.63) is 48.3 Å². The van der Waals surface area contributed by atoms with Gasteiger partial charge in [-0.3, -0.25) is 4.98 Å². The first-order valence-electron chi connectivity index (χ1n) is 4.89. The summed E-state index contributed by atoms with van der Waals surface area (Å²) in [6.45, 7) is 0. The first-order chi connectivity index (χ1) is 7.79. The topological polar surface area (TPSA) is 39.2 Å². The van der Waals surface area contributed by atoms with Crippen LogP contribution in [-0.2, 0) is 9.53 Å². The van der Waals surface area contributed by atoms with Crippen molar-refractivity contribution in [1.29, 1.82) is 0 Å². The first-order valence-corrected chi connectivity index (χ1v) is 4.89. The number of pyridine rings is 1. The monoisotopic (exact) mass is 213 g/mol. The van der Waals surface area contributed by atoms with Crippen LogP contribution in [0, 0.1) is 0 Å². The Labute approximate surface area is 93.4 Å². The summed E-state index contributed by atoms with van der Waals surface area (Å²) in [5.74, 6) is -0.352. The number of methoxy groups -OCH3 is 1. The van der Waals surface area contributed by atoms with Crippen molar-refractivity contribution < 1.29 is 9.53 Å². The minimum absolute atomic E-state index is 0.352. The molecule has 1 aromatic carbocycles. The van der Waals surface area contributed by atoms with E-state index >= 15 is 0 Å². The molecule has 0 unspecified atom stereocenters. The Balaban J connectivity index is 2.33. The van der Waals surface area contributed by atoms with Gasteiger partial charge in [-0.2, -0.15) is 0 Å². The van der Waals surface area contributed by atoms with Gasteiger partial charge >= 0.3 is 5.97 Å². The number of carbonyl (C=O) groups excluding carboxylic acids is 1. The molecule has 0 radical (unpaired) electrons. The standard InChI is InChI=1S/C13H11NO2/c1-16-13(15)5-3-10-2-4-12-9-14-7-6-11(12)8-10/h2-9H,1H3/b5-3+. The van der Waals surface area contributed by atoms with Gasteiger partial charge in [0.2, 0.25) is 0 Å². The van der Waals surface area contributed by atoms with Crippen molar-refractivity contribution in [2.24, 2.45) is 0 Å². The van der Waals surface area contributed by atoms with Crippen molar-refractivity contribution in [2.45, 2.75) is 0 Å². The molecule has 1 heterocycles. The normalized spacial score (nSPS) is 10.8. The Morgan fingerprint density at radius 1 is 1.31 bits per heavy atom. The fraction of sp³-hybridized carbons (Fsp3) is 0.0769. The molecule has 2 rings (SSSR count). The molecule has 3 nitrogen and oxygen atoms in total. The number of fused-ring (bicyclic) bond motifs is 1. The van der Waals surface area contributed by atoms with Crippen LogP contribution in [0.2, 0.25) is 0 Å². The lowest BCUT2D eigenvalue weighted by Gasteiger charge is -1.98. The lowest BCUT2D eigenvalue weighted by atomic mass is 10.1. The quantitative estimate of drug-likeness (QED) is 0.568. The lowest BCUT2D eigenvalue weighted by molar-refractivity contribution is -0.134. The fourth-order valence-electron chi connectivity index (χ4n) is 1.44. The van der Waals surface area contributed by atoms with E-state index in [0.717, 1.165) is 16.3 Å². The van der Waals surface area contributed by atoms with E-state index in [-0.39, 0.29) is 5.97 Å². The highest BCUT2D eigenvalue weighted by Gasteiger charge is 1.95. The maximum atomic E-state index is 10.9. The summed E-state index contributed by atoms with van der Waals surface area (Å²) in [6.07, 6.45) is 6.69. The summed E-state index contributed by atoms with van der Waals surface area (Å²) in [5.41, 5.74) is 0.962. The zero-order chi connectivity index (χ0) is 11.4. The lowest BCUT2D eigenvalue weighted by Crippen LogP contribution is -1.93. The third-order valence-electron chi connectivity index (χ3n) is 2.28. The van der Waals surface area contributed by atoms with Gasteiger partial charge in [-0.05, 0) is 29.2 Å². The van der Waals surface area contributed by atoms with Crippen molar-refractivity contribution >= 4 is 22.8 Å². The molecule has 0 aliphatic rings. The molecule has 0 aliphatic heterocycles. The molecule has 3 heteroatoms. The largest absolute Gasteiger partial charge is 0.466 e. The molecule has 2 aromatic rings. The van der Waals surface area contributed by atoms with E-state index in [0.29, 0.717) is 0 Å². The Kier molecular flexibility index (Phi) is 2.96. The van der Waals surface area contributed by atoms with Crippen molar-refractivity contribution in [3.63, 3.8) is 0 Å². The third-order valence-corrected chi connectivity index (χ3v) is 2.28. The Morgan fingerprint density at radius 3 is 3.00 bits per heavy atom. The van der Waals surface area contributed by atoms with E-state index in [1.165, 1.54) is 13.2 Å². The van der Waals surface area contributed by atoms with Gasteiger partial charge in [0.25, 0.3) is 0 Å². The molecule has 0 atom stereocenters. The van der Waals surface area contributed by atoms with E-state index in [1.54, 1.807) is 12.3 Å². The molecule has 0 amide bonds. The number of hydrogen-bond acceptors (Lipinski definition) is 3. The number of carbonyl (C=O) groups is 1. The van der Waals surface area contributed by atoms with Crippen LogP contribution in [0.3, 0.4) is 0 Å². The molecule has 0 saturated heterocycles. The smallest absolute Gasteiger partial charge is 0.330 e. The molecule has 1 aromatic heterocycles. The summed E-state index contributed by atoms with van der Waals surface area (Å²) in [4.78, 5) is 15.0. The fourth-order valence-corrected chi connectivity index (χ4v) is 1.44. The number of nitrogens with zero attached hydrogens (tertiary/aromatic N) is 1. The van der Waals surface area contributed by atoms with Crippen LogP contribution in [0.1, 0.15) is 5.56 Å². The van der Waals surface area contributed by atoms with Gasteiger partial charge in [0.15, 0.2) is 0 Å². The minimum atomic E-state index is -0.352. The molecular weight excluding hydrogens is 202 g/mol. The van der Waals surface area contributed by atoms with Gasteiger partial charge in [0.1, 0.15) is 0 Å². The maximum absolute atomic E-state index is 10.9. The highest BCUT2D eigenvalue weighted by atomic mass is 16.5. The van der Waals surface area contributed by atoms with E-state index < -0.39 is 0 Å². The molecule has 80 valence electrons. The van der Waals surface area contributed by atoms with Gasteiger partial charge in [-0.25, -0.2) is 4.79 Å². The Morgan fingerprint density at radius 2 is 2.19 bits per heavy atom. The summed E-state index contributed by atoms with van der Waals surface area (Å²) < 4.78 is 4.52. The van der Waals surface area contributed by atoms with Crippen LogP contribution in [0.4, 0.5) is 0 Å². The Bertz CT molecular complexity index is 546. The second-order valence-corrected chi connectivity index (χ2v) is 3.34. The van der Waals surface area contributed by atoms with Crippen LogP contribution < -0.4 is 0 Å². The number of benzene rings is 1. The zero-order valence-corrected chi connectivity index (χ0v) is 8.88. The van der Waals surface area contributed by atoms with Crippen LogP contribution in [0.5, 0.6) is 0 Å². The van der Waals surface area contributed by atoms with Gasteiger partial charge in [-0.1, -0.05) is 12.1 Å². The van der Waals surface area contributed by atoms with Crippen molar-refractivity contribution in [3.8, 4) is 0 Å². The zero-order valence-electron chi connectivity index (χ0n) is 8.88. The van der Waals surface area contributed by atoms with Gasteiger partial charge in [0.05, 0.1) is 7.11 Å². The van der Waals surface area contributed by atoms with Crippen LogP contribution in [0.15, 0.2) is 42.7 Å². The summed E-state index contributed by atoms with van der Waals surface area (Å²) >= 11 is 0. The average Bonchev–Trinajstić information content (AvgIpc) is 2.35. The molecule has 0 saturated carbocycles. The summed E-state index contributed by atoms with van der Waals surface area (Å²) in [6, 6.07) is 7.84. The number of esters is 1. The number of rotatable bonds is 2. The van der Waals surface area contributed by atoms with Crippen LogP contribution >= 0.6 is 0 Å². The minimum Gasteiger partial charge on any atom is -0.466 e. The van der Waals surface area contributed by atoms with Crippen molar-refractivity contribution in [2.75, 3.05) is 7.11 Å². The van der Waals surface area contributed by atoms with E-state index in [2.05, 4.69) is 9.72 Å². The molecule has 0 bridgehead atoms. The van der Waals surface area contributed by atoms with Gasteiger partial charge in [0, 0.05) is 23.9 Å². The van der Waals surface area contributed by atoms with Gasteiger partial charge in [-0.15, -0.1) is 0 Å². The summed E-state index contributed by atoms with van der Waals surface area (Å²) in [5, 5.41) is 2.18. The highest BCUT2D eigenvalue weighted by molar-refractivity contribution is 5.89. The van der Waals surface area contributed by atoms with E-state index in [4.69, 9.17) is 0 Å². The second-order valence-electron chi connectivity index (χ2n) is 3.34. The third kappa shape index (κ3) is 2.25. The highest BCUT2D eigenvalue weighted by Crippen LogP contribution is 2.15. The average molecular weight is 213 g/mol. The predicted octanol–water partition coefficient (Wildman–Crippen LogP) is 2.42. The molecule has 0 N–H and O–H groups in total. The number of ether oxygens (including phenoxy) is 1. The first kappa shape index (κ1) is 10.4. The van der Waals surface area contributed by atoms with E-state index in [1.807, 2.05) is 30.5 Å².